The van der Waals surface area contributed by atoms with E-state index in [2.05, 4.69) is 4.98 Å². The van der Waals surface area contributed by atoms with Gasteiger partial charge >= 0.3 is 6.18 Å². The Bertz CT molecular complexity index is 1040. The molecule has 1 heterocycles. The first-order valence-electron chi connectivity index (χ1n) is 9.47. The summed E-state index contributed by atoms with van der Waals surface area (Å²) in [5.41, 5.74) is 1.94. The van der Waals surface area contributed by atoms with Gasteiger partial charge in [0.1, 0.15) is 0 Å². The van der Waals surface area contributed by atoms with Crippen LogP contribution in [0.5, 0.6) is 0 Å². The molecule has 0 fully saturated rings. The molecule has 2 atom stereocenters. The highest BCUT2D eigenvalue weighted by Gasteiger charge is 2.39. The zero-order valence-corrected chi connectivity index (χ0v) is 17.6. The van der Waals surface area contributed by atoms with Crippen LogP contribution in [-0.4, -0.2) is 22.1 Å². The van der Waals surface area contributed by atoms with E-state index in [0.29, 0.717) is 11.1 Å². The summed E-state index contributed by atoms with van der Waals surface area (Å²) in [6.45, 7) is 5.70. The van der Waals surface area contributed by atoms with Gasteiger partial charge in [0.15, 0.2) is 11.9 Å². The molecular weight excluding hydrogens is 411 g/mol. The molecule has 1 unspecified atom stereocenters. The summed E-state index contributed by atoms with van der Waals surface area (Å²) in [7, 11) is 0. The predicted molar refractivity (Wildman–Crippen MR) is 112 cm³/mol. The van der Waals surface area contributed by atoms with Crippen molar-refractivity contribution in [1.82, 2.24) is 4.98 Å². The molecule has 0 amide bonds. The molecule has 3 rings (SSSR count). The summed E-state index contributed by atoms with van der Waals surface area (Å²) in [6, 6.07) is 11.3. The molecule has 3 aromatic rings. The third-order valence-corrected chi connectivity index (χ3v) is 5.98. The molecule has 30 heavy (non-hydrogen) atoms. The number of aliphatic hydroxyl groups is 1. The summed E-state index contributed by atoms with van der Waals surface area (Å²) >= 11 is 1.49. The van der Waals surface area contributed by atoms with Crippen molar-refractivity contribution >= 4 is 17.1 Å². The number of Topliss-reactive ketones (excluding diaryl/α,β-unsaturated/α-hetero) is 1. The number of hydrogen-bond donors (Lipinski definition) is 1. The van der Waals surface area contributed by atoms with Crippen LogP contribution in [0.3, 0.4) is 0 Å². The van der Waals surface area contributed by atoms with Gasteiger partial charge in [-0.2, -0.15) is 13.2 Å². The highest BCUT2D eigenvalue weighted by molar-refractivity contribution is 7.11. The summed E-state index contributed by atoms with van der Waals surface area (Å²) in [6.07, 6.45) is -5.63. The maximum Gasteiger partial charge on any atom is 0.418 e. The fraction of sp³-hybridized carbons (Fsp3) is 0.304. The number of aryl methyl sites for hydroxylation is 2. The molecule has 0 aliphatic carbocycles. The summed E-state index contributed by atoms with van der Waals surface area (Å²) in [4.78, 5) is 18.2. The van der Waals surface area contributed by atoms with Crippen molar-refractivity contribution < 1.29 is 23.1 Å². The second-order valence-corrected chi connectivity index (χ2v) is 8.76. The van der Waals surface area contributed by atoms with E-state index in [1.54, 1.807) is 24.4 Å². The van der Waals surface area contributed by atoms with E-state index in [-0.39, 0.29) is 29.2 Å². The molecule has 0 spiro atoms. The van der Waals surface area contributed by atoms with Crippen molar-refractivity contribution in [3.63, 3.8) is 0 Å². The molecule has 0 saturated carbocycles. The molecule has 0 radical (unpaired) electrons. The van der Waals surface area contributed by atoms with Gasteiger partial charge in [0, 0.05) is 29.0 Å². The summed E-state index contributed by atoms with van der Waals surface area (Å²) in [5.74, 6) is -0.449. The van der Waals surface area contributed by atoms with Gasteiger partial charge in [0.05, 0.1) is 5.01 Å². The number of aliphatic hydroxyl groups excluding tert-OH is 1. The average Bonchev–Trinajstić information content (AvgIpc) is 3.13. The van der Waals surface area contributed by atoms with Crippen LogP contribution in [-0.2, 0) is 0 Å². The zero-order valence-electron chi connectivity index (χ0n) is 16.8. The fourth-order valence-electron chi connectivity index (χ4n) is 3.16. The minimum Gasteiger partial charge on any atom is -0.379 e. The van der Waals surface area contributed by atoms with Gasteiger partial charge in [0.2, 0.25) is 0 Å². The number of benzene rings is 2. The lowest BCUT2D eigenvalue weighted by Crippen LogP contribution is -2.20. The molecule has 1 N–H and O–H groups in total. The van der Waals surface area contributed by atoms with Gasteiger partial charge in [-0.05, 0) is 48.7 Å². The molecule has 0 aliphatic rings. The lowest BCUT2D eigenvalue weighted by atomic mass is 9.92. The second-order valence-electron chi connectivity index (χ2n) is 7.49. The van der Waals surface area contributed by atoms with E-state index in [1.165, 1.54) is 17.4 Å². The van der Waals surface area contributed by atoms with Crippen molar-refractivity contribution in [3.8, 4) is 11.1 Å². The van der Waals surface area contributed by atoms with Crippen LogP contribution in [0.25, 0.3) is 11.1 Å². The minimum atomic E-state index is -4.82. The Morgan fingerprint density at radius 3 is 2.33 bits per heavy atom. The number of thiazole rings is 1. The van der Waals surface area contributed by atoms with Crippen molar-refractivity contribution in [3.05, 3.63) is 75.2 Å². The standard InChI is InChI=1S/C23H22F3NO2S/c1-13-4-6-16(7-5-13)17-9-18(11-19(10-17)21(29)23(24,25)26)20(28)8-14(2)22-27-12-15(3)30-22/h4-7,9-12,14,21,29H,8H2,1-3H3/t14-,21?/m0/s1. The van der Waals surface area contributed by atoms with Crippen molar-refractivity contribution in [1.29, 1.82) is 0 Å². The Morgan fingerprint density at radius 2 is 1.77 bits per heavy atom. The van der Waals surface area contributed by atoms with E-state index in [0.717, 1.165) is 21.5 Å². The summed E-state index contributed by atoms with van der Waals surface area (Å²) in [5, 5.41) is 10.6. The molecule has 3 nitrogen and oxygen atoms in total. The van der Waals surface area contributed by atoms with Crippen molar-refractivity contribution in [2.24, 2.45) is 0 Å². The Kier molecular flexibility index (Phi) is 6.43. The largest absolute Gasteiger partial charge is 0.418 e. The molecule has 1 aromatic heterocycles. The molecule has 0 saturated heterocycles. The summed E-state index contributed by atoms with van der Waals surface area (Å²) < 4.78 is 39.4. The first-order chi connectivity index (χ1) is 14.0. The Hall–Kier alpha value is -2.51. The number of halogens is 3. The zero-order chi connectivity index (χ0) is 22.1. The third-order valence-electron chi connectivity index (χ3n) is 4.84. The predicted octanol–water partition coefficient (Wildman–Crippen LogP) is 6.40. The van der Waals surface area contributed by atoms with Gasteiger partial charge in [-0.1, -0.05) is 36.8 Å². The van der Waals surface area contributed by atoms with E-state index in [4.69, 9.17) is 0 Å². The number of ketones is 1. The number of hydrogen-bond acceptors (Lipinski definition) is 4. The molecule has 7 heteroatoms. The maximum absolute atomic E-state index is 13.1. The number of nitrogens with zero attached hydrogens (tertiary/aromatic N) is 1. The van der Waals surface area contributed by atoms with E-state index >= 15 is 0 Å². The molecule has 0 bridgehead atoms. The van der Waals surface area contributed by atoms with Crippen LogP contribution in [0.4, 0.5) is 13.2 Å². The second kappa shape index (κ2) is 8.70. The lowest BCUT2D eigenvalue weighted by Gasteiger charge is -2.18. The Morgan fingerprint density at radius 1 is 1.10 bits per heavy atom. The fourth-order valence-corrected chi connectivity index (χ4v) is 3.98. The van der Waals surface area contributed by atoms with Gasteiger partial charge in [0.25, 0.3) is 0 Å². The number of rotatable bonds is 6. The molecule has 158 valence electrons. The number of carbonyl (C=O) groups excluding carboxylic acids is 1. The van der Waals surface area contributed by atoms with Crippen molar-refractivity contribution in [2.45, 2.75) is 45.4 Å². The quantitative estimate of drug-likeness (QED) is 0.458. The number of carbonyl (C=O) groups is 1. The number of aromatic nitrogens is 1. The van der Waals surface area contributed by atoms with Crippen LogP contribution >= 0.6 is 11.3 Å². The first kappa shape index (κ1) is 22.2. The first-order valence-corrected chi connectivity index (χ1v) is 10.3. The van der Waals surface area contributed by atoms with Gasteiger partial charge < -0.3 is 5.11 Å². The van der Waals surface area contributed by atoms with Crippen molar-refractivity contribution in [2.75, 3.05) is 0 Å². The van der Waals surface area contributed by atoms with Crippen LogP contribution in [0.1, 0.15) is 56.7 Å². The Labute approximate surface area is 177 Å². The van der Waals surface area contributed by atoms with Crippen LogP contribution in [0.2, 0.25) is 0 Å². The SMILES string of the molecule is Cc1ccc(-c2cc(C(=O)C[C@H](C)c3ncc(C)s3)cc(C(O)C(F)(F)F)c2)cc1. The molecule has 2 aromatic carbocycles. The highest BCUT2D eigenvalue weighted by atomic mass is 32.1. The third kappa shape index (κ3) is 5.15. The van der Waals surface area contributed by atoms with E-state index in [9.17, 15) is 23.1 Å². The van der Waals surface area contributed by atoms with Crippen LogP contribution in [0.15, 0.2) is 48.7 Å². The maximum atomic E-state index is 13.1. The monoisotopic (exact) mass is 433 g/mol. The molecule has 0 aliphatic heterocycles. The normalized spacial score (nSPS) is 13.8. The van der Waals surface area contributed by atoms with E-state index < -0.39 is 12.3 Å². The van der Waals surface area contributed by atoms with Crippen LogP contribution in [0, 0.1) is 13.8 Å². The topological polar surface area (TPSA) is 50.2 Å². The lowest BCUT2D eigenvalue weighted by molar-refractivity contribution is -0.206. The van der Waals surface area contributed by atoms with E-state index in [1.807, 2.05) is 32.9 Å². The number of alkyl halides is 3. The molecular formula is C23H22F3NO2S. The van der Waals surface area contributed by atoms with Gasteiger partial charge in [-0.15, -0.1) is 11.3 Å². The average molecular weight is 433 g/mol. The van der Waals surface area contributed by atoms with Gasteiger partial charge in [-0.25, -0.2) is 4.98 Å². The van der Waals surface area contributed by atoms with Crippen LogP contribution < -0.4 is 0 Å². The van der Waals surface area contributed by atoms with Gasteiger partial charge in [-0.3, -0.25) is 4.79 Å². The smallest absolute Gasteiger partial charge is 0.379 e. The highest BCUT2D eigenvalue weighted by Crippen LogP contribution is 2.36. The minimum absolute atomic E-state index is 0.117. The Balaban J connectivity index is 1.98.